The van der Waals surface area contributed by atoms with Crippen molar-refractivity contribution < 1.29 is 15.0 Å². The second-order valence-electron chi connectivity index (χ2n) is 0.631. The van der Waals surface area contributed by atoms with Gasteiger partial charge in [0.2, 0.25) is 0 Å². The predicted octanol–water partition coefficient (Wildman–Crippen LogP) is 0.432. The first-order chi connectivity index (χ1) is 3.77. The minimum absolute atomic E-state index is 0.849. The zero-order valence-electron chi connectivity index (χ0n) is 4.34. The molecule has 0 atom stereocenters. The van der Waals surface area contributed by atoms with Gasteiger partial charge < -0.3 is 10.2 Å². The number of aliphatic hydroxyl groups excluding tert-OH is 1. The molecule has 0 aromatic carbocycles. The molecule has 0 aromatic rings. The fraction of sp³-hybridized carbons (Fsp3) is 0.250. The third-order valence-electron chi connectivity index (χ3n) is 0.206. The van der Waals surface area contributed by atoms with Crippen LogP contribution in [-0.2, 0) is 4.79 Å². The highest BCUT2D eigenvalue weighted by atomic mass is 35.5. The van der Waals surface area contributed by atoms with Crippen LogP contribution in [0.3, 0.4) is 0 Å². The number of rotatable bonds is 1. The number of carbonyl (C=O) groups is 1. The van der Waals surface area contributed by atoms with E-state index in [4.69, 9.17) is 21.8 Å². The van der Waals surface area contributed by atoms with Gasteiger partial charge in [-0.1, -0.05) is 11.6 Å². The molecule has 2 N–H and O–H groups in total. The molecule has 0 radical (unpaired) electrons. The summed E-state index contributed by atoms with van der Waals surface area (Å²) in [5.41, 5.74) is 0.947. The maximum Gasteiger partial charge on any atom is 0.329 e. The van der Waals surface area contributed by atoms with Crippen LogP contribution in [0.4, 0.5) is 0 Å². The highest BCUT2D eigenvalue weighted by Crippen LogP contribution is 1.74. The maximum absolute atomic E-state index is 9.43. The molecule has 8 heavy (non-hydrogen) atoms. The van der Waals surface area contributed by atoms with Crippen molar-refractivity contribution >= 4 is 17.6 Å². The molecule has 0 aliphatic heterocycles. The molecule has 0 aliphatic carbocycles. The highest BCUT2D eigenvalue weighted by Gasteiger charge is 1.77. The van der Waals surface area contributed by atoms with Gasteiger partial charge >= 0.3 is 5.97 Å². The number of hydrogen-bond donors (Lipinski definition) is 2. The van der Waals surface area contributed by atoms with Gasteiger partial charge in [0.05, 0.1) is 0 Å². The van der Waals surface area contributed by atoms with E-state index in [1.54, 1.807) is 0 Å². The predicted molar refractivity (Wildman–Crippen MR) is 30.8 cm³/mol. The molecular weight excluding hydrogens is 131 g/mol. The largest absolute Gasteiger partial charge is 0.478 e. The van der Waals surface area contributed by atoms with E-state index in [1.165, 1.54) is 0 Å². The fourth-order valence-corrected chi connectivity index (χ4v) is 0.162. The van der Waals surface area contributed by atoms with Crippen LogP contribution in [0.2, 0.25) is 0 Å². The lowest BCUT2D eigenvalue weighted by atomic mass is 10.7. The molecule has 0 spiro atoms. The molecule has 0 fully saturated rings. The second-order valence-corrected chi connectivity index (χ2v) is 0.883. The quantitative estimate of drug-likeness (QED) is 0.517. The Morgan fingerprint density at radius 3 is 2.00 bits per heavy atom. The van der Waals surface area contributed by atoms with Gasteiger partial charge in [0.15, 0.2) is 0 Å². The van der Waals surface area contributed by atoms with Crippen LogP contribution in [0.25, 0.3) is 0 Å². The summed E-state index contributed by atoms with van der Waals surface area (Å²) in [5, 5.41) is 14.7. The summed E-state index contributed by atoms with van der Waals surface area (Å²) in [6.07, 6.45) is 0.849. The van der Waals surface area contributed by atoms with E-state index < -0.39 is 5.97 Å². The summed E-state index contributed by atoms with van der Waals surface area (Å²) in [5.74, 6) is -1.02. The van der Waals surface area contributed by atoms with Gasteiger partial charge in [0.25, 0.3) is 0 Å². The number of carboxylic acid groups (broad SMARTS) is 1. The van der Waals surface area contributed by atoms with Crippen LogP contribution >= 0.6 is 11.6 Å². The van der Waals surface area contributed by atoms with E-state index in [0.717, 1.165) is 18.7 Å². The van der Waals surface area contributed by atoms with E-state index in [9.17, 15) is 4.79 Å². The standard InChI is InChI=1S/C3H3ClO2.CH4O/c4-2-1-3(5)6;1-2/h1-2H,(H,5,6);2H,1H3/b2-1+;. The van der Waals surface area contributed by atoms with E-state index in [-0.39, 0.29) is 0 Å². The molecule has 4 heteroatoms. The van der Waals surface area contributed by atoms with Gasteiger partial charge in [-0.2, -0.15) is 0 Å². The number of hydrogen-bond acceptors (Lipinski definition) is 2. The first-order valence-electron chi connectivity index (χ1n) is 1.72. The molecule has 0 amide bonds. The molecule has 48 valence electrons. The van der Waals surface area contributed by atoms with Crippen LogP contribution < -0.4 is 0 Å². The Bertz CT molecular complexity index is 79.4. The SMILES string of the molecule is CO.O=C(O)/C=C/Cl. The summed E-state index contributed by atoms with van der Waals surface area (Å²) in [7, 11) is 1.00. The number of aliphatic hydroxyl groups is 1. The molecule has 3 nitrogen and oxygen atoms in total. The first kappa shape index (κ1) is 10.4. The van der Waals surface area contributed by atoms with E-state index in [2.05, 4.69) is 0 Å². The van der Waals surface area contributed by atoms with E-state index in [0.29, 0.717) is 0 Å². The summed E-state index contributed by atoms with van der Waals surface area (Å²) in [4.78, 5) is 9.43. The molecule has 0 aliphatic rings. The third-order valence-corrected chi connectivity index (χ3v) is 0.332. The minimum Gasteiger partial charge on any atom is -0.478 e. The Morgan fingerprint density at radius 2 is 2.00 bits per heavy atom. The zero-order valence-corrected chi connectivity index (χ0v) is 5.09. The topological polar surface area (TPSA) is 57.5 Å². The van der Waals surface area contributed by atoms with Crippen molar-refractivity contribution in [1.29, 1.82) is 0 Å². The maximum atomic E-state index is 9.43. The van der Waals surface area contributed by atoms with Gasteiger partial charge in [-0.25, -0.2) is 4.79 Å². The van der Waals surface area contributed by atoms with Crippen LogP contribution in [0.15, 0.2) is 11.6 Å². The summed E-state index contributed by atoms with van der Waals surface area (Å²) in [6, 6.07) is 0. The lowest BCUT2D eigenvalue weighted by Gasteiger charge is -1.67. The fourth-order valence-electron chi connectivity index (χ4n) is 0.0539. The number of carboxylic acids is 1. The van der Waals surface area contributed by atoms with Gasteiger partial charge in [0, 0.05) is 18.7 Å². The first-order valence-corrected chi connectivity index (χ1v) is 2.15. The molecule has 0 heterocycles. The van der Waals surface area contributed by atoms with Crippen molar-refractivity contribution in [3.8, 4) is 0 Å². The Morgan fingerprint density at radius 1 is 1.62 bits per heavy atom. The van der Waals surface area contributed by atoms with E-state index in [1.807, 2.05) is 0 Å². The highest BCUT2D eigenvalue weighted by molar-refractivity contribution is 6.26. The molecule has 0 saturated carbocycles. The molecular formula is C4H7ClO3. The normalized spacial score (nSPS) is 7.88. The Kier molecular flexibility index (Phi) is 12.6. The number of halogens is 1. The lowest BCUT2D eigenvalue weighted by Crippen LogP contribution is -1.83. The summed E-state index contributed by atoms with van der Waals surface area (Å²) in [6.45, 7) is 0. The molecule has 0 aromatic heterocycles. The van der Waals surface area contributed by atoms with Crippen molar-refractivity contribution in [3.63, 3.8) is 0 Å². The summed E-state index contributed by atoms with van der Waals surface area (Å²) >= 11 is 4.84. The van der Waals surface area contributed by atoms with Crippen molar-refractivity contribution in [2.24, 2.45) is 0 Å². The average molecular weight is 139 g/mol. The smallest absolute Gasteiger partial charge is 0.329 e. The van der Waals surface area contributed by atoms with Crippen molar-refractivity contribution in [1.82, 2.24) is 0 Å². The summed E-state index contributed by atoms with van der Waals surface area (Å²) < 4.78 is 0. The van der Waals surface area contributed by atoms with Crippen LogP contribution in [0, 0.1) is 0 Å². The van der Waals surface area contributed by atoms with Gasteiger partial charge in [0.1, 0.15) is 0 Å². The second kappa shape index (κ2) is 9.68. The Labute approximate surface area is 52.2 Å². The molecule has 0 saturated heterocycles. The average Bonchev–Trinajstić information content (AvgIpc) is 1.72. The van der Waals surface area contributed by atoms with Crippen molar-refractivity contribution in [2.45, 2.75) is 0 Å². The molecule has 0 rings (SSSR count). The molecule has 0 bridgehead atoms. The van der Waals surface area contributed by atoms with Crippen LogP contribution in [0.1, 0.15) is 0 Å². The lowest BCUT2D eigenvalue weighted by molar-refractivity contribution is -0.131. The zero-order chi connectivity index (χ0) is 6.99. The Hall–Kier alpha value is -0.540. The minimum atomic E-state index is -1.02. The van der Waals surface area contributed by atoms with Gasteiger partial charge in [-0.15, -0.1) is 0 Å². The molecule has 0 unspecified atom stereocenters. The monoisotopic (exact) mass is 138 g/mol. The van der Waals surface area contributed by atoms with Gasteiger partial charge in [-0.3, -0.25) is 0 Å². The van der Waals surface area contributed by atoms with Crippen LogP contribution in [0.5, 0.6) is 0 Å². The third kappa shape index (κ3) is 17.9. The van der Waals surface area contributed by atoms with Crippen molar-refractivity contribution in [3.05, 3.63) is 11.6 Å². The van der Waals surface area contributed by atoms with E-state index >= 15 is 0 Å². The Balaban J connectivity index is 0. The van der Waals surface area contributed by atoms with Crippen molar-refractivity contribution in [2.75, 3.05) is 7.11 Å². The number of aliphatic carboxylic acids is 1. The van der Waals surface area contributed by atoms with Gasteiger partial charge in [-0.05, 0) is 0 Å². The van der Waals surface area contributed by atoms with Crippen LogP contribution in [-0.4, -0.2) is 23.3 Å².